The van der Waals surface area contributed by atoms with E-state index in [0.29, 0.717) is 13.0 Å². The Kier molecular flexibility index (Phi) is 5.84. The van der Waals surface area contributed by atoms with Gasteiger partial charge in [-0.25, -0.2) is 9.59 Å². The first kappa shape index (κ1) is 20.5. The molecule has 3 rings (SSSR count). The summed E-state index contributed by atoms with van der Waals surface area (Å²) in [5.41, 5.74) is -0.799. The van der Waals surface area contributed by atoms with Crippen molar-refractivity contribution in [3.8, 4) is 0 Å². The van der Waals surface area contributed by atoms with Crippen molar-refractivity contribution in [2.45, 2.75) is 63.9 Å². The zero-order valence-corrected chi connectivity index (χ0v) is 16.9. The lowest BCUT2D eigenvalue weighted by atomic mass is 9.81. The third kappa shape index (κ3) is 4.76. The zero-order chi connectivity index (χ0) is 20.4. The lowest BCUT2D eigenvalue weighted by Gasteiger charge is -2.53. The molecule has 28 heavy (non-hydrogen) atoms. The van der Waals surface area contributed by atoms with E-state index in [-0.39, 0.29) is 25.7 Å². The van der Waals surface area contributed by atoms with Crippen molar-refractivity contribution >= 4 is 12.2 Å². The molecule has 2 aliphatic rings. The van der Waals surface area contributed by atoms with Gasteiger partial charge >= 0.3 is 12.2 Å². The average molecular weight is 390 g/mol. The van der Waals surface area contributed by atoms with Crippen LogP contribution < -0.4 is 0 Å². The van der Waals surface area contributed by atoms with Gasteiger partial charge in [0.05, 0.1) is 19.1 Å². The van der Waals surface area contributed by atoms with E-state index in [1.165, 1.54) is 4.90 Å². The molecule has 1 N–H and O–H groups in total. The van der Waals surface area contributed by atoms with E-state index in [4.69, 9.17) is 9.47 Å². The van der Waals surface area contributed by atoms with E-state index < -0.39 is 23.4 Å². The SMILES string of the molecule is CC(C)(C)OC(=O)N1CCCC[C@H]1C1(O)CN(C(=O)OCc2ccccc2)C1. The Balaban J connectivity index is 1.56. The minimum absolute atomic E-state index is 0.157. The molecule has 2 heterocycles. The molecule has 0 unspecified atom stereocenters. The highest BCUT2D eigenvalue weighted by Gasteiger charge is 2.53. The Labute approximate surface area is 166 Å². The van der Waals surface area contributed by atoms with Crippen molar-refractivity contribution in [3.05, 3.63) is 35.9 Å². The van der Waals surface area contributed by atoms with E-state index in [2.05, 4.69) is 0 Å². The van der Waals surface area contributed by atoms with Gasteiger partial charge in [0.2, 0.25) is 0 Å². The molecule has 0 aromatic heterocycles. The topological polar surface area (TPSA) is 79.3 Å². The predicted octanol–water partition coefficient (Wildman–Crippen LogP) is 3.16. The third-order valence-corrected chi connectivity index (χ3v) is 5.14. The Morgan fingerprint density at radius 2 is 1.82 bits per heavy atom. The summed E-state index contributed by atoms with van der Waals surface area (Å²) in [6.45, 7) is 6.54. The number of amides is 2. The van der Waals surface area contributed by atoms with Crippen LogP contribution in [0.2, 0.25) is 0 Å². The van der Waals surface area contributed by atoms with Crippen molar-refractivity contribution in [3.63, 3.8) is 0 Å². The molecular weight excluding hydrogens is 360 g/mol. The molecule has 1 aromatic carbocycles. The Hall–Kier alpha value is -2.28. The summed E-state index contributed by atoms with van der Waals surface area (Å²) in [7, 11) is 0. The fourth-order valence-corrected chi connectivity index (χ4v) is 3.79. The van der Waals surface area contributed by atoms with E-state index in [9.17, 15) is 14.7 Å². The van der Waals surface area contributed by atoms with E-state index >= 15 is 0 Å². The van der Waals surface area contributed by atoms with Crippen LogP contribution in [0, 0.1) is 0 Å². The van der Waals surface area contributed by atoms with Crippen LogP contribution in [0.1, 0.15) is 45.6 Å². The van der Waals surface area contributed by atoms with Crippen LogP contribution in [0.5, 0.6) is 0 Å². The summed E-state index contributed by atoms with van der Waals surface area (Å²) in [5, 5.41) is 11.1. The maximum absolute atomic E-state index is 12.6. The molecule has 0 spiro atoms. The van der Waals surface area contributed by atoms with Crippen molar-refractivity contribution < 1.29 is 24.2 Å². The second kappa shape index (κ2) is 7.99. The number of benzene rings is 1. The van der Waals surface area contributed by atoms with Crippen LogP contribution in [0.3, 0.4) is 0 Å². The van der Waals surface area contributed by atoms with Gasteiger partial charge in [-0.15, -0.1) is 0 Å². The maximum Gasteiger partial charge on any atom is 0.410 e. The summed E-state index contributed by atoms with van der Waals surface area (Å²) < 4.78 is 10.8. The monoisotopic (exact) mass is 390 g/mol. The van der Waals surface area contributed by atoms with E-state index in [1.807, 2.05) is 51.1 Å². The molecule has 2 saturated heterocycles. The molecule has 0 aliphatic carbocycles. The van der Waals surface area contributed by atoms with E-state index in [1.54, 1.807) is 4.90 Å². The third-order valence-electron chi connectivity index (χ3n) is 5.14. The van der Waals surface area contributed by atoms with Crippen LogP contribution in [-0.4, -0.2) is 64.0 Å². The highest BCUT2D eigenvalue weighted by atomic mass is 16.6. The normalized spacial score (nSPS) is 21.6. The van der Waals surface area contributed by atoms with Gasteiger partial charge in [-0.2, -0.15) is 0 Å². The molecule has 0 bridgehead atoms. The second-order valence-corrected chi connectivity index (χ2v) is 8.69. The van der Waals surface area contributed by atoms with Gasteiger partial charge in [-0.1, -0.05) is 30.3 Å². The Morgan fingerprint density at radius 1 is 1.14 bits per heavy atom. The molecule has 2 fully saturated rings. The first-order valence-electron chi connectivity index (χ1n) is 9.86. The van der Waals surface area contributed by atoms with Crippen LogP contribution in [0.15, 0.2) is 30.3 Å². The molecule has 7 heteroatoms. The molecule has 7 nitrogen and oxygen atoms in total. The lowest BCUT2D eigenvalue weighted by Crippen LogP contribution is -2.73. The minimum Gasteiger partial charge on any atom is -0.445 e. The van der Waals surface area contributed by atoms with Gasteiger partial charge < -0.3 is 24.4 Å². The molecule has 0 radical (unpaired) electrons. The lowest BCUT2D eigenvalue weighted by molar-refractivity contribution is -0.143. The number of carbonyl (C=O) groups excluding carboxylic acids is 2. The van der Waals surface area contributed by atoms with Gasteiger partial charge in [0.25, 0.3) is 0 Å². The zero-order valence-electron chi connectivity index (χ0n) is 16.9. The maximum atomic E-state index is 12.6. The van der Waals surface area contributed by atoms with Gasteiger partial charge in [0.15, 0.2) is 0 Å². The minimum atomic E-state index is -1.12. The molecule has 1 aromatic rings. The molecule has 0 saturated carbocycles. The first-order valence-corrected chi connectivity index (χ1v) is 9.86. The number of hydrogen-bond acceptors (Lipinski definition) is 5. The van der Waals surface area contributed by atoms with Crippen LogP contribution >= 0.6 is 0 Å². The number of rotatable bonds is 3. The number of aliphatic hydroxyl groups is 1. The number of ether oxygens (including phenoxy) is 2. The summed E-state index contributed by atoms with van der Waals surface area (Å²) in [6, 6.07) is 9.11. The predicted molar refractivity (Wildman–Crippen MR) is 104 cm³/mol. The smallest absolute Gasteiger partial charge is 0.410 e. The van der Waals surface area contributed by atoms with Gasteiger partial charge in [0.1, 0.15) is 17.8 Å². The molecule has 2 amide bonds. The van der Waals surface area contributed by atoms with Gasteiger partial charge in [0, 0.05) is 6.54 Å². The Bertz CT molecular complexity index is 694. The first-order chi connectivity index (χ1) is 13.2. The summed E-state index contributed by atoms with van der Waals surface area (Å²) >= 11 is 0. The van der Waals surface area contributed by atoms with Gasteiger partial charge in [-0.3, -0.25) is 0 Å². The number of hydrogen-bond donors (Lipinski definition) is 1. The molecule has 2 aliphatic heterocycles. The second-order valence-electron chi connectivity index (χ2n) is 8.69. The fraction of sp³-hybridized carbons (Fsp3) is 0.619. The number of likely N-dealkylation sites (tertiary alicyclic amines) is 2. The summed E-state index contributed by atoms with van der Waals surface area (Å²) in [5.74, 6) is 0. The fourth-order valence-electron chi connectivity index (χ4n) is 3.79. The van der Waals surface area contributed by atoms with Crippen molar-refractivity contribution in [1.29, 1.82) is 0 Å². The number of piperidine rings is 1. The van der Waals surface area contributed by atoms with Crippen LogP contribution in [-0.2, 0) is 16.1 Å². The number of carbonyl (C=O) groups is 2. The molecule has 154 valence electrons. The van der Waals surface area contributed by atoms with Crippen LogP contribution in [0.4, 0.5) is 9.59 Å². The Morgan fingerprint density at radius 3 is 2.46 bits per heavy atom. The van der Waals surface area contributed by atoms with Crippen LogP contribution in [0.25, 0.3) is 0 Å². The van der Waals surface area contributed by atoms with E-state index in [0.717, 1.165) is 18.4 Å². The summed E-state index contributed by atoms with van der Waals surface area (Å²) in [4.78, 5) is 27.9. The molecular formula is C21H30N2O5. The van der Waals surface area contributed by atoms with Gasteiger partial charge in [-0.05, 0) is 45.6 Å². The van der Waals surface area contributed by atoms with Crippen molar-refractivity contribution in [1.82, 2.24) is 9.80 Å². The molecule has 1 atom stereocenters. The average Bonchev–Trinajstić information content (AvgIpc) is 2.63. The summed E-state index contributed by atoms with van der Waals surface area (Å²) in [6.07, 6.45) is 1.66. The quantitative estimate of drug-likeness (QED) is 0.858. The standard InChI is InChI=1S/C21H30N2O5/c1-20(2,3)28-19(25)23-12-8-7-11-17(23)21(26)14-22(15-21)18(24)27-13-16-9-5-4-6-10-16/h4-6,9-10,17,26H,7-8,11-15H2,1-3H3/t17-/m0/s1. The highest BCUT2D eigenvalue weighted by molar-refractivity contribution is 5.71. The number of nitrogens with zero attached hydrogens (tertiary/aromatic N) is 2. The van der Waals surface area contributed by atoms with Crippen molar-refractivity contribution in [2.24, 2.45) is 0 Å². The largest absolute Gasteiger partial charge is 0.445 e. The van der Waals surface area contributed by atoms with Crippen molar-refractivity contribution in [2.75, 3.05) is 19.6 Å². The highest BCUT2D eigenvalue weighted by Crippen LogP contribution is 2.34. The number of β-amino-alcohol motifs (C(OH)–C–C–N with tert-alkyl or cyclic N) is 1.